The Hall–Kier alpha value is -4.61. The van der Waals surface area contributed by atoms with Crippen molar-refractivity contribution in [3.8, 4) is 5.69 Å². The van der Waals surface area contributed by atoms with Crippen LogP contribution in [0.25, 0.3) is 43.5 Å². The molecule has 38 heavy (non-hydrogen) atoms. The van der Waals surface area contributed by atoms with Crippen molar-refractivity contribution in [3.63, 3.8) is 0 Å². The lowest BCUT2D eigenvalue weighted by atomic mass is 9.91. The topological polar surface area (TPSA) is 25.5 Å². The molecule has 9 rings (SSSR count). The first-order chi connectivity index (χ1) is 18.8. The van der Waals surface area contributed by atoms with Gasteiger partial charge in [0, 0.05) is 45.3 Å². The van der Waals surface area contributed by atoms with Gasteiger partial charge in [-0.2, -0.15) is 0 Å². The Morgan fingerprint density at radius 2 is 1.53 bits per heavy atom. The molecule has 0 N–H and O–H groups in total. The fourth-order valence-electron chi connectivity index (χ4n) is 6.56. The van der Waals surface area contributed by atoms with E-state index in [9.17, 15) is 0 Å². The summed E-state index contributed by atoms with van der Waals surface area (Å²) in [6.45, 7) is 0. The van der Waals surface area contributed by atoms with Gasteiger partial charge in [-0.3, -0.25) is 4.40 Å². The van der Waals surface area contributed by atoms with Gasteiger partial charge in [-0.1, -0.05) is 60.7 Å². The van der Waals surface area contributed by atoms with Crippen molar-refractivity contribution in [3.05, 3.63) is 126 Å². The number of benzene rings is 4. The molecule has 0 saturated carbocycles. The minimum absolute atomic E-state index is 0.292. The zero-order chi connectivity index (χ0) is 24.8. The van der Waals surface area contributed by atoms with Gasteiger partial charge in [0.2, 0.25) is 0 Å². The van der Waals surface area contributed by atoms with E-state index in [1.807, 2.05) is 0 Å². The first kappa shape index (κ1) is 20.4. The molecular formula is C33H22N4S. The molecular weight excluding hydrogens is 484 g/mol. The molecule has 0 amide bonds. The van der Waals surface area contributed by atoms with Crippen LogP contribution >= 0.6 is 11.3 Å². The SMILES string of the molecule is C1=CC2c3ccccc3N(c3ccc4c(c3)c3ccccc3n4-c3ccc4c(c3)nc3sccn34)C2C=C1. The highest BCUT2D eigenvalue weighted by molar-refractivity contribution is 7.15. The van der Waals surface area contributed by atoms with Gasteiger partial charge in [0.05, 0.1) is 28.1 Å². The number of hydrogen-bond donors (Lipinski definition) is 0. The van der Waals surface area contributed by atoms with Gasteiger partial charge in [-0.25, -0.2) is 4.98 Å². The van der Waals surface area contributed by atoms with Crippen molar-refractivity contribution in [2.24, 2.45) is 0 Å². The second-order valence-electron chi connectivity index (χ2n) is 10.1. The molecule has 2 aliphatic rings. The predicted molar refractivity (Wildman–Crippen MR) is 158 cm³/mol. The second kappa shape index (κ2) is 7.46. The Labute approximate surface area is 223 Å². The number of thiazole rings is 1. The molecule has 0 spiro atoms. The molecule has 4 aromatic carbocycles. The summed E-state index contributed by atoms with van der Waals surface area (Å²) in [4.78, 5) is 8.42. The molecule has 2 unspecified atom stereocenters. The largest absolute Gasteiger partial charge is 0.333 e. The molecule has 0 saturated heterocycles. The lowest BCUT2D eigenvalue weighted by Gasteiger charge is -2.28. The first-order valence-corrected chi connectivity index (χ1v) is 13.9. The van der Waals surface area contributed by atoms with Crippen LogP contribution in [0.2, 0.25) is 0 Å². The van der Waals surface area contributed by atoms with E-state index in [0.717, 1.165) is 21.7 Å². The van der Waals surface area contributed by atoms with Crippen molar-refractivity contribution < 1.29 is 0 Å². The molecule has 5 heteroatoms. The lowest BCUT2D eigenvalue weighted by Crippen LogP contribution is -2.28. The number of nitrogens with zero attached hydrogens (tertiary/aromatic N) is 4. The number of aromatic nitrogens is 3. The van der Waals surface area contributed by atoms with Crippen LogP contribution in [0, 0.1) is 0 Å². The van der Waals surface area contributed by atoms with Gasteiger partial charge in [0.1, 0.15) is 0 Å². The van der Waals surface area contributed by atoms with Crippen LogP contribution in [0.3, 0.4) is 0 Å². The normalized spacial score (nSPS) is 18.3. The summed E-state index contributed by atoms with van der Waals surface area (Å²) in [6.07, 6.45) is 11.1. The maximum atomic E-state index is 4.88. The fourth-order valence-corrected chi connectivity index (χ4v) is 7.29. The van der Waals surface area contributed by atoms with Gasteiger partial charge in [-0.15, -0.1) is 11.3 Å². The highest BCUT2D eigenvalue weighted by atomic mass is 32.1. The standard InChI is InChI=1S/C33H22N4S/c1-4-10-28-23(7-1)24-8-2-5-11-29(24)36(28)21-13-15-31-26(19-21)25-9-3-6-12-30(25)37(31)22-14-16-32-27(20-22)34-33-35(32)17-18-38-33/h1-20,23,28H. The molecule has 1 aliphatic carbocycles. The van der Waals surface area contributed by atoms with Gasteiger partial charge >= 0.3 is 0 Å². The number of rotatable bonds is 2. The van der Waals surface area contributed by atoms with Crippen molar-refractivity contribution in [2.45, 2.75) is 12.0 Å². The number of para-hydroxylation sites is 2. The number of allylic oxidation sites excluding steroid dienone is 2. The van der Waals surface area contributed by atoms with E-state index >= 15 is 0 Å². The smallest absolute Gasteiger partial charge is 0.194 e. The third kappa shape index (κ3) is 2.66. The van der Waals surface area contributed by atoms with Crippen molar-refractivity contribution in [2.75, 3.05) is 4.90 Å². The maximum absolute atomic E-state index is 4.88. The van der Waals surface area contributed by atoms with E-state index in [2.05, 4.69) is 135 Å². The molecule has 1 aliphatic heterocycles. The summed E-state index contributed by atoms with van der Waals surface area (Å²) in [5.41, 5.74) is 9.64. The number of hydrogen-bond acceptors (Lipinski definition) is 3. The third-order valence-corrected chi connectivity index (χ3v) is 8.93. The van der Waals surface area contributed by atoms with Crippen LogP contribution in [-0.2, 0) is 0 Å². The van der Waals surface area contributed by atoms with E-state index in [-0.39, 0.29) is 0 Å². The fraction of sp³-hybridized carbons (Fsp3) is 0.0606. The quantitative estimate of drug-likeness (QED) is 0.235. The molecule has 3 aromatic heterocycles. The molecule has 0 bridgehead atoms. The van der Waals surface area contributed by atoms with Crippen LogP contribution in [0.15, 0.2) is 121 Å². The van der Waals surface area contributed by atoms with E-state index in [1.54, 1.807) is 11.3 Å². The Kier molecular flexibility index (Phi) is 4.02. The summed E-state index contributed by atoms with van der Waals surface area (Å²) in [5, 5.41) is 4.61. The molecule has 0 fully saturated rings. The zero-order valence-corrected chi connectivity index (χ0v) is 21.2. The minimum atomic E-state index is 0.292. The molecule has 2 atom stereocenters. The van der Waals surface area contributed by atoms with E-state index < -0.39 is 0 Å². The first-order valence-electron chi connectivity index (χ1n) is 13.0. The van der Waals surface area contributed by atoms with Crippen molar-refractivity contribution in [1.29, 1.82) is 0 Å². The molecule has 7 aromatic rings. The van der Waals surface area contributed by atoms with E-state index in [4.69, 9.17) is 4.98 Å². The van der Waals surface area contributed by atoms with Crippen LogP contribution in [-0.4, -0.2) is 20.0 Å². The molecule has 4 nitrogen and oxygen atoms in total. The van der Waals surface area contributed by atoms with Crippen LogP contribution in [0.1, 0.15) is 11.5 Å². The molecule has 180 valence electrons. The molecule has 0 radical (unpaired) electrons. The number of imidazole rings is 1. The monoisotopic (exact) mass is 506 g/mol. The maximum Gasteiger partial charge on any atom is 0.194 e. The third-order valence-electron chi connectivity index (χ3n) is 8.18. The highest BCUT2D eigenvalue weighted by Crippen LogP contribution is 2.48. The Morgan fingerprint density at radius 1 is 0.711 bits per heavy atom. The van der Waals surface area contributed by atoms with E-state index in [1.165, 1.54) is 38.7 Å². The Morgan fingerprint density at radius 3 is 2.53 bits per heavy atom. The molecule has 4 heterocycles. The summed E-state index contributed by atoms with van der Waals surface area (Å²) >= 11 is 1.67. The van der Waals surface area contributed by atoms with Crippen molar-refractivity contribution >= 4 is 60.5 Å². The summed E-state index contributed by atoms with van der Waals surface area (Å²) in [7, 11) is 0. The van der Waals surface area contributed by atoms with Gasteiger partial charge < -0.3 is 9.47 Å². The van der Waals surface area contributed by atoms with Crippen molar-refractivity contribution in [1.82, 2.24) is 14.0 Å². The Balaban J connectivity index is 1.27. The van der Waals surface area contributed by atoms with Gasteiger partial charge in [0.25, 0.3) is 0 Å². The average molecular weight is 507 g/mol. The van der Waals surface area contributed by atoms with Crippen LogP contribution in [0.5, 0.6) is 0 Å². The summed E-state index contributed by atoms with van der Waals surface area (Å²) < 4.78 is 4.54. The Bertz CT molecular complexity index is 2120. The lowest BCUT2D eigenvalue weighted by molar-refractivity contribution is 0.745. The highest BCUT2D eigenvalue weighted by Gasteiger charge is 2.37. The second-order valence-corrected chi connectivity index (χ2v) is 11.0. The van der Waals surface area contributed by atoms with E-state index in [0.29, 0.717) is 12.0 Å². The summed E-state index contributed by atoms with van der Waals surface area (Å²) in [6, 6.07) is 31.4. The minimum Gasteiger partial charge on any atom is -0.333 e. The van der Waals surface area contributed by atoms with Crippen LogP contribution < -0.4 is 4.90 Å². The van der Waals surface area contributed by atoms with Gasteiger partial charge in [0.15, 0.2) is 4.96 Å². The van der Waals surface area contributed by atoms with Crippen LogP contribution in [0.4, 0.5) is 11.4 Å². The summed E-state index contributed by atoms with van der Waals surface area (Å²) in [5.74, 6) is 0.379. The van der Waals surface area contributed by atoms with Gasteiger partial charge in [-0.05, 0) is 54.1 Å². The zero-order valence-electron chi connectivity index (χ0n) is 20.4. The average Bonchev–Trinajstić information content (AvgIpc) is 3.71. The number of anilines is 2. The number of fused-ring (bicyclic) bond motifs is 9. The predicted octanol–water partition coefficient (Wildman–Crippen LogP) is 8.38.